The number of ether oxygens (including phenoxy) is 2. The summed E-state index contributed by atoms with van der Waals surface area (Å²) in [6, 6.07) is 17.8. The molecule has 0 saturated heterocycles. The van der Waals surface area contributed by atoms with Crippen molar-refractivity contribution < 1.29 is 14.3 Å². The molecule has 0 saturated carbocycles. The highest BCUT2D eigenvalue weighted by molar-refractivity contribution is 6.31. The summed E-state index contributed by atoms with van der Waals surface area (Å²) < 4.78 is 11.5. The zero-order chi connectivity index (χ0) is 20.8. The average Bonchev–Trinajstić information content (AvgIpc) is 2.71. The van der Waals surface area contributed by atoms with E-state index in [1.165, 1.54) is 0 Å². The Morgan fingerprint density at radius 2 is 1.66 bits per heavy atom. The lowest BCUT2D eigenvalue weighted by Crippen LogP contribution is -2.14. The molecule has 0 spiro atoms. The highest BCUT2D eigenvalue weighted by atomic mass is 35.5. The summed E-state index contributed by atoms with van der Waals surface area (Å²) in [7, 11) is 0. The molecule has 0 unspecified atom stereocenters. The number of aryl methyl sites for hydroxylation is 1. The molecule has 3 aromatic rings. The fraction of sp³-hybridized carbons (Fsp3) is 0.174. The van der Waals surface area contributed by atoms with E-state index >= 15 is 0 Å². The van der Waals surface area contributed by atoms with Gasteiger partial charge in [-0.1, -0.05) is 29.3 Å². The van der Waals surface area contributed by atoms with Gasteiger partial charge in [-0.05, 0) is 74.0 Å². The van der Waals surface area contributed by atoms with Crippen LogP contribution in [0.3, 0.4) is 0 Å². The zero-order valence-electron chi connectivity index (χ0n) is 16.2. The zero-order valence-corrected chi connectivity index (χ0v) is 17.7. The van der Waals surface area contributed by atoms with Crippen molar-refractivity contribution in [3.63, 3.8) is 0 Å². The van der Waals surface area contributed by atoms with Crippen molar-refractivity contribution in [3.05, 3.63) is 87.4 Å². The van der Waals surface area contributed by atoms with Crippen molar-refractivity contribution in [2.75, 3.05) is 11.9 Å². The van der Waals surface area contributed by atoms with Crippen molar-refractivity contribution in [1.82, 2.24) is 0 Å². The molecule has 0 aliphatic heterocycles. The van der Waals surface area contributed by atoms with Crippen LogP contribution in [-0.4, -0.2) is 12.5 Å². The molecule has 3 aromatic carbocycles. The fourth-order valence-electron chi connectivity index (χ4n) is 2.75. The second-order valence-electron chi connectivity index (χ2n) is 6.41. The second-order valence-corrected chi connectivity index (χ2v) is 7.28. The molecule has 6 heteroatoms. The van der Waals surface area contributed by atoms with Gasteiger partial charge in [0, 0.05) is 26.9 Å². The summed E-state index contributed by atoms with van der Waals surface area (Å²) in [6.45, 7) is 4.59. The predicted molar refractivity (Wildman–Crippen MR) is 118 cm³/mol. The van der Waals surface area contributed by atoms with Crippen LogP contribution in [0.5, 0.6) is 11.5 Å². The molecule has 3 rings (SSSR count). The van der Waals surface area contributed by atoms with E-state index in [0.717, 1.165) is 11.1 Å². The van der Waals surface area contributed by atoms with E-state index < -0.39 is 0 Å². The van der Waals surface area contributed by atoms with Gasteiger partial charge in [-0.3, -0.25) is 4.79 Å². The van der Waals surface area contributed by atoms with Crippen molar-refractivity contribution in [3.8, 4) is 11.5 Å². The van der Waals surface area contributed by atoms with Crippen LogP contribution in [-0.2, 0) is 6.61 Å². The van der Waals surface area contributed by atoms with Gasteiger partial charge in [0.15, 0.2) is 0 Å². The molecule has 0 bridgehead atoms. The topological polar surface area (TPSA) is 47.6 Å². The van der Waals surface area contributed by atoms with Crippen LogP contribution in [0.15, 0.2) is 60.7 Å². The minimum absolute atomic E-state index is 0.230. The van der Waals surface area contributed by atoms with Gasteiger partial charge in [-0.25, -0.2) is 0 Å². The molecule has 29 heavy (non-hydrogen) atoms. The third-order valence-electron chi connectivity index (χ3n) is 4.28. The van der Waals surface area contributed by atoms with E-state index in [9.17, 15) is 4.79 Å². The maximum Gasteiger partial charge on any atom is 0.255 e. The summed E-state index contributed by atoms with van der Waals surface area (Å²) in [5, 5.41) is 4.11. The lowest BCUT2D eigenvalue weighted by Gasteiger charge is -2.14. The quantitative estimate of drug-likeness (QED) is 0.464. The van der Waals surface area contributed by atoms with Crippen molar-refractivity contribution >= 4 is 34.8 Å². The van der Waals surface area contributed by atoms with Crippen LogP contribution in [0.4, 0.5) is 5.69 Å². The van der Waals surface area contributed by atoms with E-state index in [4.69, 9.17) is 32.7 Å². The Bertz CT molecular complexity index is 1000. The second kappa shape index (κ2) is 9.68. The molecule has 0 aliphatic carbocycles. The highest BCUT2D eigenvalue weighted by Gasteiger charge is 2.13. The average molecular weight is 430 g/mol. The van der Waals surface area contributed by atoms with E-state index in [2.05, 4.69) is 5.32 Å². The molecule has 0 heterocycles. The lowest BCUT2D eigenvalue weighted by molar-refractivity contribution is 0.102. The maximum atomic E-state index is 12.8. The number of nitrogens with one attached hydrogen (secondary N) is 1. The van der Waals surface area contributed by atoms with Gasteiger partial charge in [0.1, 0.15) is 18.1 Å². The van der Waals surface area contributed by atoms with Crippen LogP contribution in [0.1, 0.15) is 28.4 Å². The van der Waals surface area contributed by atoms with Crippen LogP contribution >= 0.6 is 23.2 Å². The Kier molecular flexibility index (Phi) is 7.02. The summed E-state index contributed by atoms with van der Waals surface area (Å²) >= 11 is 12.0. The van der Waals surface area contributed by atoms with E-state index in [1.54, 1.807) is 54.6 Å². The first kappa shape index (κ1) is 21.0. The maximum absolute atomic E-state index is 12.8. The first-order valence-corrected chi connectivity index (χ1v) is 9.93. The molecule has 0 fully saturated rings. The van der Waals surface area contributed by atoms with Gasteiger partial charge < -0.3 is 14.8 Å². The largest absolute Gasteiger partial charge is 0.493 e. The Balaban J connectivity index is 1.80. The number of anilines is 1. The molecular weight excluding hydrogens is 409 g/mol. The van der Waals surface area contributed by atoms with Crippen molar-refractivity contribution in [1.29, 1.82) is 0 Å². The van der Waals surface area contributed by atoms with Crippen LogP contribution < -0.4 is 14.8 Å². The first-order valence-electron chi connectivity index (χ1n) is 9.18. The summed E-state index contributed by atoms with van der Waals surface area (Å²) in [4.78, 5) is 12.8. The number of benzene rings is 3. The Morgan fingerprint density at radius 1 is 0.931 bits per heavy atom. The Morgan fingerprint density at radius 3 is 2.38 bits per heavy atom. The SMILES string of the molecule is CCOc1ccc(C(=O)Nc2cc(Cl)ccc2C)cc1COc1ccc(Cl)cc1. The standard InChI is InChI=1S/C23H21Cl2NO3/c1-3-28-22-11-5-16(23(27)26-21-13-19(25)6-4-15(21)2)12-17(22)14-29-20-9-7-18(24)8-10-20/h4-13H,3,14H2,1-2H3,(H,26,27). The van der Waals surface area contributed by atoms with Crippen LogP contribution in [0.25, 0.3) is 0 Å². The minimum atomic E-state index is -0.230. The molecule has 1 N–H and O–H groups in total. The van der Waals surface area contributed by atoms with Crippen molar-refractivity contribution in [2.45, 2.75) is 20.5 Å². The monoisotopic (exact) mass is 429 g/mol. The van der Waals surface area contributed by atoms with Gasteiger partial charge >= 0.3 is 0 Å². The summed E-state index contributed by atoms with van der Waals surface area (Å²) in [5.74, 6) is 1.13. The van der Waals surface area contributed by atoms with Crippen LogP contribution in [0, 0.1) is 6.92 Å². The van der Waals surface area contributed by atoms with Gasteiger partial charge in [-0.2, -0.15) is 0 Å². The molecular formula is C23H21Cl2NO3. The highest BCUT2D eigenvalue weighted by Crippen LogP contribution is 2.25. The minimum Gasteiger partial charge on any atom is -0.493 e. The number of rotatable bonds is 7. The smallest absolute Gasteiger partial charge is 0.255 e. The Hall–Kier alpha value is -2.69. The van der Waals surface area contributed by atoms with Gasteiger partial charge in [0.25, 0.3) is 5.91 Å². The van der Waals surface area contributed by atoms with Crippen LogP contribution in [0.2, 0.25) is 10.0 Å². The summed E-state index contributed by atoms with van der Waals surface area (Å²) in [6.07, 6.45) is 0. The number of carbonyl (C=O) groups excluding carboxylic acids is 1. The number of amides is 1. The normalized spacial score (nSPS) is 10.5. The number of hydrogen-bond acceptors (Lipinski definition) is 3. The lowest BCUT2D eigenvalue weighted by atomic mass is 10.1. The molecule has 0 aromatic heterocycles. The Labute approximate surface area is 180 Å². The molecule has 4 nitrogen and oxygen atoms in total. The number of hydrogen-bond donors (Lipinski definition) is 1. The molecule has 1 amide bonds. The predicted octanol–water partition coefficient (Wildman–Crippen LogP) is 6.53. The fourth-order valence-corrected chi connectivity index (χ4v) is 3.04. The third-order valence-corrected chi connectivity index (χ3v) is 4.77. The van der Waals surface area contributed by atoms with Crippen molar-refractivity contribution in [2.24, 2.45) is 0 Å². The molecule has 0 aliphatic rings. The number of halogens is 2. The van der Waals surface area contributed by atoms with Gasteiger partial charge in [-0.15, -0.1) is 0 Å². The molecule has 150 valence electrons. The third kappa shape index (κ3) is 5.66. The summed E-state index contributed by atoms with van der Waals surface area (Å²) in [5.41, 5.74) is 2.88. The first-order chi connectivity index (χ1) is 14.0. The van der Waals surface area contributed by atoms with Gasteiger partial charge in [0.2, 0.25) is 0 Å². The van der Waals surface area contributed by atoms with E-state index in [0.29, 0.717) is 39.4 Å². The molecule has 0 atom stereocenters. The number of carbonyl (C=O) groups is 1. The van der Waals surface area contributed by atoms with E-state index in [1.807, 2.05) is 19.9 Å². The van der Waals surface area contributed by atoms with Gasteiger partial charge in [0.05, 0.1) is 6.61 Å². The van der Waals surface area contributed by atoms with E-state index in [-0.39, 0.29) is 12.5 Å². The molecule has 0 radical (unpaired) electrons.